The van der Waals surface area contributed by atoms with Crippen molar-refractivity contribution in [3.63, 3.8) is 0 Å². The first-order valence-electron chi connectivity index (χ1n) is 7.88. The second kappa shape index (κ2) is 9.99. The van der Waals surface area contributed by atoms with Crippen LogP contribution in [-0.2, 0) is 11.3 Å². The molecule has 0 aliphatic carbocycles. The third kappa shape index (κ3) is 5.45. The van der Waals surface area contributed by atoms with Crippen molar-refractivity contribution in [2.45, 2.75) is 31.5 Å². The average Bonchev–Trinajstić information content (AvgIpc) is 3.06. The van der Waals surface area contributed by atoms with Gasteiger partial charge in [0.2, 0.25) is 5.91 Å². The van der Waals surface area contributed by atoms with Crippen LogP contribution in [-0.4, -0.2) is 42.5 Å². The Bertz CT molecular complexity index is 563. The maximum absolute atomic E-state index is 13.7. The van der Waals surface area contributed by atoms with Gasteiger partial charge in [0.25, 0.3) is 0 Å². The second-order valence-electron chi connectivity index (χ2n) is 5.96. The smallest absolute Gasteiger partial charge is 0.241 e. The molecule has 0 saturated carbocycles. The number of piperidine rings is 1. The van der Waals surface area contributed by atoms with Crippen molar-refractivity contribution in [1.29, 1.82) is 0 Å². The number of amides is 1. The monoisotopic (exact) mass is 375 g/mol. The van der Waals surface area contributed by atoms with Crippen LogP contribution in [0.2, 0.25) is 0 Å². The first kappa shape index (κ1) is 20.9. The summed E-state index contributed by atoms with van der Waals surface area (Å²) in [6.45, 7) is 3.17. The van der Waals surface area contributed by atoms with E-state index < -0.39 is 0 Å². The Morgan fingerprint density at radius 2 is 1.96 bits per heavy atom. The number of carbonyl (C=O) groups is 1. The number of hydrogen-bond acceptors (Lipinski definition) is 3. The molecule has 2 aliphatic rings. The highest BCUT2D eigenvalue weighted by Crippen LogP contribution is 2.16. The third-order valence-electron chi connectivity index (χ3n) is 4.35. The van der Waals surface area contributed by atoms with E-state index in [0.29, 0.717) is 6.54 Å². The standard InChI is InChI=1S/C17H22FN3O.2ClH/c18-15-5-2-1-4-13(15)12-21-10-7-14(8-11-21)20-17(22)16-6-3-9-19-16;;/h1-6,14,16,19H,7-12H2,(H,20,22);2*1H. The Morgan fingerprint density at radius 3 is 2.58 bits per heavy atom. The lowest BCUT2D eigenvalue weighted by Gasteiger charge is -2.32. The zero-order valence-electron chi connectivity index (χ0n) is 13.4. The highest BCUT2D eigenvalue weighted by molar-refractivity contribution is 5.85. The third-order valence-corrected chi connectivity index (χ3v) is 4.35. The number of nitrogens with zero attached hydrogens (tertiary/aromatic N) is 1. The van der Waals surface area contributed by atoms with E-state index in [1.165, 1.54) is 6.07 Å². The van der Waals surface area contributed by atoms with Crippen molar-refractivity contribution in [3.8, 4) is 0 Å². The predicted octanol–water partition coefficient (Wildman–Crippen LogP) is 2.28. The molecule has 2 aliphatic heterocycles. The summed E-state index contributed by atoms with van der Waals surface area (Å²) in [5.41, 5.74) is 0.741. The molecule has 0 spiro atoms. The fraction of sp³-hybridized carbons (Fsp3) is 0.471. The number of halogens is 3. The van der Waals surface area contributed by atoms with Gasteiger partial charge >= 0.3 is 0 Å². The van der Waals surface area contributed by atoms with Crippen molar-refractivity contribution in [2.24, 2.45) is 0 Å². The topological polar surface area (TPSA) is 44.4 Å². The number of likely N-dealkylation sites (tertiary alicyclic amines) is 1. The quantitative estimate of drug-likeness (QED) is 0.793. The van der Waals surface area contributed by atoms with E-state index in [1.54, 1.807) is 6.07 Å². The molecule has 134 valence electrons. The van der Waals surface area contributed by atoms with E-state index in [9.17, 15) is 9.18 Å². The van der Waals surface area contributed by atoms with Gasteiger partial charge in [0, 0.05) is 37.8 Å². The number of rotatable bonds is 4. The van der Waals surface area contributed by atoms with Crippen LogP contribution in [0.3, 0.4) is 0 Å². The number of hydrogen-bond donors (Lipinski definition) is 2. The van der Waals surface area contributed by atoms with Gasteiger partial charge in [0.15, 0.2) is 0 Å². The highest BCUT2D eigenvalue weighted by atomic mass is 35.5. The van der Waals surface area contributed by atoms with E-state index in [4.69, 9.17) is 0 Å². The SMILES string of the molecule is Cl.Cl.O=C(NC1CCN(Cc2ccccc2F)CC1)C1C=CCN1. The van der Waals surface area contributed by atoms with E-state index >= 15 is 0 Å². The molecule has 4 nitrogen and oxygen atoms in total. The van der Waals surface area contributed by atoms with Crippen LogP contribution in [0.5, 0.6) is 0 Å². The van der Waals surface area contributed by atoms with Crippen molar-refractivity contribution in [2.75, 3.05) is 19.6 Å². The molecule has 7 heteroatoms. The molecule has 0 bridgehead atoms. The zero-order valence-corrected chi connectivity index (χ0v) is 15.0. The summed E-state index contributed by atoms with van der Waals surface area (Å²) in [5, 5.41) is 6.22. The van der Waals surface area contributed by atoms with Crippen LogP contribution in [0.25, 0.3) is 0 Å². The molecular weight excluding hydrogens is 352 g/mol. The molecule has 1 unspecified atom stereocenters. The van der Waals surface area contributed by atoms with Crippen LogP contribution < -0.4 is 10.6 Å². The molecule has 1 aromatic rings. The van der Waals surface area contributed by atoms with Gasteiger partial charge in [-0.15, -0.1) is 24.8 Å². The van der Waals surface area contributed by atoms with Gasteiger partial charge in [-0.1, -0.05) is 30.4 Å². The van der Waals surface area contributed by atoms with Crippen LogP contribution in [0.1, 0.15) is 18.4 Å². The van der Waals surface area contributed by atoms with Crippen molar-refractivity contribution in [3.05, 3.63) is 47.8 Å². The minimum Gasteiger partial charge on any atom is -0.352 e. The molecule has 1 atom stereocenters. The Kier molecular flexibility index (Phi) is 8.70. The van der Waals surface area contributed by atoms with Gasteiger partial charge in [-0.05, 0) is 18.9 Å². The lowest BCUT2D eigenvalue weighted by molar-refractivity contribution is -0.122. The second-order valence-corrected chi connectivity index (χ2v) is 5.96. The minimum absolute atomic E-state index is 0. The molecule has 24 heavy (non-hydrogen) atoms. The predicted molar refractivity (Wildman–Crippen MR) is 98.3 cm³/mol. The number of nitrogens with one attached hydrogen (secondary N) is 2. The average molecular weight is 376 g/mol. The van der Waals surface area contributed by atoms with Gasteiger partial charge in [-0.3, -0.25) is 15.0 Å². The Hall–Kier alpha value is -1.14. The molecule has 0 radical (unpaired) electrons. The molecule has 1 fully saturated rings. The lowest BCUT2D eigenvalue weighted by Crippen LogP contribution is -2.49. The van der Waals surface area contributed by atoms with Gasteiger partial charge < -0.3 is 5.32 Å². The van der Waals surface area contributed by atoms with E-state index in [0.717, 1.165) is 38.0 Å². The lowest BCUT2D eigenvalue weighted by atomic mass is 10.0. The Morgan fingerprint density at radius 1 is 1.25 bits per heavy atom. The summed E-state index contributed by atoms with van der Waals surface area (Å²) in [7, 11) is 0. The first-order valence-corrected chi connectivity index (χ1v) is 7.88. The fourth-order valence-electron chi connectivity index (χ4n) is 3.04. The van der Waals surface area contributed by atoms with Crippen LogP contribution >= 0.6 is 24.8 Å². The van der Waals surface area contributed by atoms with Crippen LogP contribution in [0.4, 0.5) is 4.39 Å². The summed E-state index contributed by atoms with van der Waals surface area (Å²) < 4.78 is 13.7. The van der Waals surface area contributed by atoms with Crippen LogP contribution in [0.15, 0.2) is 36.4 Å². The fourth-order valence-corrected chi connectivity index (χ4v) is 3.04. The molecular formula is C17H24Cl2FN3O. The minimum atomic E-state index is -0.184. The van der Waals surface area contributed by atoms with Gasteiger partial charge in [-0.2, -0.15) is 0 Å². The van der Waals surface area contributed by atoms with Crippen molar-refractivity contribution >= 4 is 30.7 Å². The maximum atomic E-state index is 13.7. The van der Waals surface area contributed by atoms with Crippen LogP contribution in [0, 0.1) is 5.82 Å². The molecule has 3 rings (SSSR count). The molecule has 2 N–H and O–H groups in total. The molecule has 0 aromatic heterocycles. The molecule has 1 aromatic carbocycles. The molecule has 2 heterocycles. The summed E-state index contributed by atoms with van der Waals surface area (Å²) in [6.07, 6.45) is 5.71. The maximum Gasteiger partial charge on any atom is 0.241 e. The van der Waals surface area contributed by atoms with Gasteiger partial charge in [0.1, 0.15) is 11.9 Å². The van der Waals surface area contributed by atoms with Gasteiger partial charge in [-0.25, -0.2) is 4.39 Å². The summed E-state index contributed by atoms with van der Waals surface area (Å²) in [4.78, 5) is 14.3. The normalized spacial score (nSPS) is 21.0. The first-order chi connectivity index (χ1) is 10.7. The van der Waals surface area contributed by atoms with Crippen molar-refractivity contribution < 1.29 is 9.18 Å². The van der Waals surface area contributed by atoms with E-state index in [-0.39, 0.29) is 48.6 Å². The highest BCUT2D eigenvalue weighted by Gasteiger charge is 2.24. The summed E-state index contributed by atoms with van der Waals surface area (Å²) in [6, 6.07) is 6.96. The largest absolute Gasteiger partial charge is 0.352 e. The summed E-state index contributed by atoms with van der Waals surface area (Å²) in [5.74, 6) is -0.0849. The number of benzene rings is 1. The molecule has 1 amide bonds. The Labute approximate surface area is 154 Å². The van der Waals surface area contributed by atoms with Crippen molar-refractivity contribution in [1.82, 2.24) is 15.5 Å². The Balaban J connectivity index is 0.00000144. The van der Waals surface area contributed by atoms with E-state index in [1.807, 2.05) is 24.3 Å². The molecule has 1 saturated heterocycles. The number of carbonyl (C=O) groups excluding carboxylic acids is 1. The zero-order chi connectivity index (χ0) is 15.4. The summed E-state index contributed by atoms with van der Waals surface area (Å²) >= 11 is 0. The van der Waals surface area contributed by atoms with Gasteiger partial charge in [0.05, 0.1) is 0 Å². The van der Waals surface area contributed by atoms with E-state index in [2.05, 4.69) is 15.5 Å².